The Morgan fingerprint density at radius 3 is 3.00 bits per heavy atom. The maximum absolute atomic E-state index is 5.40. The molecule has 0 saturated heterocycles. The van der Waals surface area contributed by atoms with Crippen LogP contribution in [0.25, 0.3) is 0 Å². The molecule has 2 rings (SSSR count). The van der Waals surface area contributed by atoms with Crippen molar-refractivity contribution < 1.29 is 4.42 Å². The molecule has 0 bridgehead atoms. The Morgan fingerprint density at radius 1 is 1.41 bits per heavy atom. The molecule has 17 heavy (non-hydrogen) atoms. The molecule has 1 aliphatic carbocycles. The molecule has 1 aromatic rings. The SMILES string of the molecule is CCNC(CCc1ccco1)C1=CCCCC1. The summed E-state index contributed by atoms with van der Waals surface area (Å²) in [5, 5.41) is 3.60. The van der Waals surface area contributed by atoms with Gasteiger partial charge in [0, 0.05) is 12.5 Å². The van der Waals surface area contributed by atoms with Gasteiger partial charge in [-0.2, -0.15) is 0 Å². The van der Waals surface area contributed by atoms with E-state index in [0.29, 0.717) is 6.04 Å². The van der Waals surface area contributed by atoms with E-state index in [2.05, 4.69) is 24.4 Å². The average Bonchev–Trinajstić information content (AvgIpc) is 2.88. The maximum atomic E-state index is 5.40. The molecule has 1 unspecified atom stereocenters. The van der Waals surface area contributed by atoms with Crippen molar-refractivity contribution in [3.63, 3.8) is 0 Å². The predicted octanol–water partition coefficient (Wildman–Crippen LogP) is 3.69. The maximum Gasteiger partial charge on any atom is 0.103 e. The summed E-state index contributed by atoms with van der Waals surface area (Å²) in [5.74, 6) is 1.10. The molecule has 1 atom stereocenters. The number of hydrogen-bond donors (Lipinski definition) is 1. The third-order valence-electron chi connectivity index (χ3n) is 3.48. The van der Waals surface area contributed by atoms with Crippen LogP contribution in [-0.2, 0) is 6.42 Å². The highest BCUT2D eigenvalue weighted by atomic mass is 16.3. The van der Waals surface area contributed by atoms with Crippen molar-refractivity contribution in [3.8, 4) is 0 Å². The Balaban J connectivity index is 1.89. The number of furan rings is 1. The number of nitrogens with one attached hydrogen (secondary N) is 1. The Bertz CT molecular complexity index is 340. The lowest BCUT2D eigenvalue weighted by Crippen LogP contribution is -2.32. The monoisotopic (exact) mass is 233 g/mol. The van der Waals surface area contributed by atoms with Crippen LogP contribution in [0.1, 0.15) is 44.8 Å². The summed E-state index contributed by atoms with van der Waals surface area (Å²) in [6, 6.07) is 4.58. The van der Waals surface area contributed by atoms with Gasteiger partial charge in [0.05, 0.1) is 6.26 Å². The molecule has 0 fully saturated rings. The largest absolute Gasteiger partial charge is 0.469 e. The van der Waals surface area contributed by atoms with Gasteiger partial charge in [0.25, 0.3) is 0 Å². The molecule has 1 N–H and O–H groups in total. The number of rotatable bonds is 6. The standard InChI is InChI=1S/C15H23NO/c1-2-16-15(13-7-4-3-5-8-13)11-10-14-9-6-12-17-14/h6-7,9,12,15-16H,2-5,8,10-11H2,1H3. The first-order chi connectivity index (χ1) is 8.40. The van der Waals surface area contributed by atoms with Gasteiger partial charge in [-0.05, 0) is 50.8 Å². The van der Waals surface area contributed by atoms with Crippen LogP contribution in [0.3, 0.4) is 0 Å². The average molecular weight is 233 g/mol. The van der Waals surface area contributed by atoms with E-state index >= 15 is 0 Å². The van der Waals surface area contributed by atoms with Gasteiger partial charge in [0.15, 0.2) is 0 Å². The summed E-state index contributed by atoms with van der Waals surface area (Å²) in [6.45, 7) is 3.23. The lowest BCUT2D eigenvalue weighted by Gasteiger charge is -2.23. The zero-order chi connectivity index (χ0) is 11.9. The van der Waals surface area contributed by atoms with Crippen LogP contribution < -0.4 is 5.32 Å². The van der Waals surface area contributed by atoms with Gasteiger partial charge in [0.2, 0.25) is 0 Å². The molecular weight excluding hydrogens is 210 g/mol. The summed E-state index contributed by atoms with van der Waals surface area (Å²) in [5.41, 5.74) is 1.62. The fourth-order valence-electron chi connectivity index (χ4n) is 2.59. The third kappa shape index (κ3) is 3.74. The first kappa shape index (κ1) is 12.4. The molecule has 1 aromatic heterocycles. The third-order valence-corrected chi connectivity index (χ3v) is 3.48. The van der Waals surface area contributed by atoms with E-state index in [0.717, 1.165) is 25.1 Å². The molecule has 0 amide bonds. The summed E-state index contributed by atoms with van der Waals surface area (Å²) >= 11 is 0. The van der Waals surface area contributed by atoms with Gasteiger partial charge in [-0.3, -0.25) is 0 Å². The molecular formula is C15H23NO. The number of likely N-dealkylation sites (N-methyl/N-ethyl adjacent to an activating group) is 1. The van der Waals surface area contributed by atoms with Crippen molar-refractivity contribution >= 4 is 0 Å². The van der Waals surface area contributed by atoms with Gasteiger partial charge in [-0.25, -0.2) is 0 Å². The molecule has 1 aliphatic rings. The summed E-state index contributed by atoms with van der Waals surface area (Å²) in [7, 11) is 0. The van der Waals surface area contributed by atoms with E-state index in [-0.39, 0.29) is 0 Å². The second kappa shape index (κ2) is 6.65. The smallest absolute Gasteiger partial charge is 0.103 e. The second-order valence-electron chi connectivity index (χ2n) is 4.75. The second-order valence-corrected chi connectivity index (χ2v) is 4.75. The Morgan fingerprint density at radius 2 is 2.35 bits per heavy atom. The van der Waals surface area contributed by atoms with E-state index in [9.17, 15) is 0 Å². The Hall–Kier alpha value is -1.02. The van der Waals surface area contributed by atoms with E-state index in [1.165, 1.54) is 25.7 Å². The van der Waals surface area contributed by atoms with Crippen LogP contribution >= 0.6 is 0 Å². The van der Waals surface area contributed by atoms with Crippen LogP contribution in [0.4, 0.5) is 0 Å². The topological polar surface area (TPSA) is 25.2 Å². The van der Waals surface area contributed by atoms with Gasteiger partial charge >= 0.3 is 0 Å². The quantitative estimate of drug-likeness (QED) is 0.758. The molecule has 2 nitrogen and oxygen atoms in total. The molecule has 0 saturated carbocycles. The molecule has 0 aliphatic heterocycles. The van der Waals surface area contributed by atoms with Crippen LogP contribution in [0.15, 0.2) is 34.5 Å². The van der Waals surface area contributed by atoms with E-state index in [1.807, 2.05) is 6.07 Å². The number of aryl methyl sites for hydroxylation is 1. The van der Waals surface area contributed by atoms with E-state index in [1.54, 1.807) is 11.8 Å². The van der Waals surface area contributed by atoms with Gasteiger partial charge in [0.1, 0.15) is 5.76 Å². The van der Waals surface area contributed by atoms with Crippen molar-refractivity contribution in [1.82, 2.24) is 5.32 Å². The fraction of sp³-hybridized carbons (Fsp3) is 0.600. The molecule has 0 radical (unpaired) electrons. The fourth-order valence-corrected chi connectivity index (χ4v) is 2.59. The normalized spacial score (nSPS) is 17.8. The zero-order valence-electron chi connectivity index (χ0n) is 10.7. The molecule has 2 heteroatoms. The van der Waals surface area contributed by atoms with Crippen molar-refractivity contribution in [2.24, 2.45) is 0 Å². The Labute approximate surface area is 104 Å². The van der Waals surface area contributed by atoms with Gasteiger partial charge in [-0.15, -0.1) is 0 Å². The lowest BCUT2D eigenvalue weighted by atomic mass is 9.91. The highest BCUT2D eigenvalue weighted by molar-refractivity contribution is 5.14. The summed E-state index contributed by atoms with van der Waals surface area (Å²) < 4.78 is 5.40. The van der Waals surface area contributed by atoms with Crippen molar-refractivity contribution in [2.75, 3.05) is 6.54 Å². The van der Waals surface area contributed by atoms with Gasteiger partial charge < -0.3 is 9.73 Å². The van der Waals surface area contributed by atoms with Crippen molar-refractivity contribution in [1.29, 1.82) is 0 Å². The van der Waals surface area contributed by atoms with Crippen molar-refractivity contribution in [2.45, 2.75) is 51.5 Å². The summed E-state index contributed by atoms with van der Waals surface area (Å²) in [4.78, 5) is 0. The van der Waals surface area contributed by atoms with Crippen molar-refractivity contribution in [3.05, 3.63) is 35.8 Å². The lowest BCUT2D eigenvalue weighted by molar-refractivity contribution is 0.463. The highest BCUT2D eigenvalue weighted by Gasteiger charge is 2.15. The number of hydrogen-bond acceptors (Lipinski definition) is 2. The minimum absolute atomic E-state index is 0.547. The minimum Gasteiger partial charge on any atom is -0.469 e. The molecule has 0 aromatic carbocycles. The van der Waals surface area contributed by atoms with Crippen LogP contribution in [0.5, 0.6) is 0 Å². The van der Waals surface area contributed by atoms with E-state index in [4.69, 9.17) is 4.42 Å². The first-order valence-corrected chi connectivity index (χ1v) is 6.85. The summed E-state index contributed by atoms with van der Waals surface area (Å²) in [6.07, 6.45) is 11.6. The first-order valence-electron chi connectivity index (χ1n) is 6.85. The predicted molar refractivity (Wildman–Crippen MR) is 71.0 cm³/mol. The van der Waals surface area contributed by atoms with E-state index < -0.39 is 0 Å². The Kier molecular flexibility index (Phi) is 4.87. The minimum atomic E-state index is 0.547. The molecule has 1 heterocycles. The molecule has 0 spiro atoms. The number of allylic oxidation sites excluding steroid dienone is 1. The van der Waals surface area contributed by atoms with Gasteiger partial charge in [-0.1, -0.05) is 18.6 Å². The van der Waals surface area contributed by atoms with Crippen LogP contribution in [0, 0.1) is 0 Å². The zero-order valence-corrected chi connectivity index (χ0v) is 10.7. The highest BCUT2D eigenvalue weighted by Crippen LogP contribution is 2.23. The van der Waals surface area contributed by atoms with Crippen LogP contribution in [0.2, 0.25) is 0 Å². The van der Waals surface area contributed by atoms with Crippen LogP contribution in [-0.4, -0.2) is 12.6 Å². The molecule has 94 valence electrons.